The van der Waals surface area contributed by atoms with Gasteiger partial charge in [0.15, 0.2) is 0 Å². The van der Waals surface area contributed by atoms with Crippen LogP contribution in [0, 0.1) is 0 Å². The Balaban J connectivity index is 1.69. The van der Waals surface area contributed by atoms with E-state index >= 15 is 0 Å². The molecule has 1 aromatic carbocycles. The number of nitrogens with zero attached hydrogens (tertiary/aromatic N) is 3. The largest absolute Gasteiger partial charge is 0.479 e. The second-order valence-electron chi connectivity index (χ2n) is 5.75. The lowest BCUT2D eigenvalue weighted by molar-refractivity contribution is 0.0950. The number of aromatic nitrogens is 1. The molecule has 0 N–H and O–H groups in total. The van der Waals surface area contributed by atoms with Crippen LogP contribution in [0.15, 0.2) is 28.8 Å². The SMILES string of the molecule is COc1cc(C(=O)N2CCN(C3CC3)c3cc(Cl)ccc32)on1. The lowest BCUT2D eigenvalue weighted by atomic mass is 10.1. The summed E-state index contributed by atoms with van der Waals surface area (Å²) in [5.41, 5.74) is 1.86. The molecule has 120 valence electrons. The van der Waals surface area contributed by atoms with Crippen LogP contribution in [0.1, 0.15) is 23.4 Å². The number of halogens is 1. The highest BCUT2D eigenvalue weighted by molar-refractivity contribution is 6.31. The van der Waals surface area contributed by atoms with Crippen LogP contribution in [0.3, 0.4) is 0 Å². The van der Waals surface area contributed by atoms with Crippen LogP contribution >= 0.6 is 11.6 Å². The van der Waals surface area contributed by atoms with E-state index in [0.717, 1.165) is 17.9 Å². The van der Waals surface area contributed by atoms with E-state index in [-0.39, 0.29) is 11.7 Å². The Kier molecular flexibility index (Phi) is 3.41. The van der Waals surface area contributed by atoms with Crippen LogP contribution in [0.4, 0.5) is 11.4 Å². The highest BCUT2D eigenvalue weighted by Crippen LogP contribution is 2.41. The molecule has 7 heteroatoms. The molecule has 4 rings (SSSR count). The molecule has 6 nitrogen and oxygen atoms in total. The lowest BCUT2D eigenvalue weighted by Crippen LogP contribution is -2.45. The number of hydrogen-bond donors (Lipinski definition) is 0. The zero-order valence-corrected chi connectivity index (χ0v) is 13.4. The van der Waals surface area contributed by atoms with E-state index in [4.69, 9.17) is 20.9 Å². The molecule has 2 aromatic rings. The van der Waals surface area contributed by atoms with Gasteiger partial charge >= 0.3 is 0 Å². The lowest BCUT2D eigenvalue weighted by Gasteiger charge is -2.37. The summed E-state index contributed by atoms with van der Waals surface area (Å²) in [7, 11) is 1.48. The fourth-order valence-corrected chi connectivity index (χ4v) is 3.14. The molecule has 0 saturated heterocycles. The highest BCUT2D eigenvalue weighted by Gasteiger charge is 2.36. The van der Waals surface area contributed by atoms with E-state index in [9.17, 15) is 4.79 Å². The molecule has 0 spiro atoms. The minimum Gasteiger partial charge on any atom is -0.479 e. The first kappa shape index (κ1) is 14.4. The number of methoxy groups -OCH3 is 1. The van der Waals surface area contributed by atoms with Gasteiger partial charge in [0, 0.05) is 24.2 Å². The Labute approximate surface area is 138 Å². The molecule has 23 heavy (non-hydrogen) atoms. The minimum absolute atomic E-state index is 0.169. The zero-order valence-electron chi connectivity index (χ0n) is 12.7. The standard InChI is InChI=1S/C16H16ClN3O3/c1-22-15-9-14(23-18-15)16(21)20-7-6-19(11-3-4-11)13-8-10(17)2-5-12(13)20/h2,5,8-9,11H,3-4,6-7H2,1H3. The van der Waals surface area contributed by atoms with E-state index < -0.39 is 0 Å². The second kappa shape index (κ2) is 5.45. The molecule has 1 amide bonds. The number of ether oxygens (including phenoxy) is 1. The van der Waals surface area contributed by atoms with Crippen molar-refractivity contribution in [1.29, 1.82) is 0 Å². The number of amides is 1. The maximum absolute atomic E-state index is 12.8. The summed E-state index contributed by atoms with van der Waals surface area (Å²) in [4.78, 5) is 16.8. The first-order valence-corrected chi connectivity index (χ1v) is 7.94. The van der Waals surface area contributed by atoms with Gasteiger partial charge in [0.1, 0.15) is 0 Å². The fraction of sp³-hybridized carbons (Fsp3) is 0.375. The second-order valence-corrected chi connectivity index (χ2v) is 6.18. The Morgan fingerprint density at radius 3 is 2.83 bits per heavy atom. The molecule has 0 unspecified atom stereocenters. The maximum atomic E-state index is 12.8. The predicted molar refractivity (Wildman–Crippen MR) is 86.6 cm³/mol. The first-order chi connectivity index (χ1) is 11.2. The predicted octanol–water partition coefficient (Wildman–Crippen LogP) is 2.97. The van der Waals surface area contributed by atoms with Gasteiger partial charge in [0.2, 0.25) is 5.76 Å². The molecule has 0 radical (unpaired) electrons. The van der Waals surface area contributed by atoms with Gasteiger partial charge in [-0.1, -0.05) is 11.6 Å². The van der Waals surface area contributed by atoms with Gasteiger partial charge in [-0.25, -0.2) is 0 Å². The summed E-state index contributed by atoms with van der Waals surface area (Å²) >= 11 is 6.16. The molecule has 1 saturated carbocycles. The summed E-state index contributed by atoms with van der Waals surface area (Å²) in [5.74, 6) is 0.240. The quantitative estimate of drug-likeness (QED) is 0.864. The van der Waals surface area contributed by atoms with Crippen molar-refractivity contribution in [2.45, 2.75) is 18.9 Å². The summed E-state index contributed by atoms with van der Waals surface area (Å²) in [6, 6.07) is 7.69. The molecular weight excluding hydrogens is 318 g/mol. The Morgan fingerprint density at radius 1 is 1.30 bits per heavy atom. The van der Waals surface area contributed by atoms with E-state index in [1.54, 1.807) is 11.0 Å². The monoisotopic (exact) mass is 333 g/mol. The van der Waals surface area contributed by atoms with E-state index in [0.29, 0.717) is 23.5 Å². The third-order valence-electron chi connectivity index (χ3n) is 4.24. The third kappa shape index (κ3) is 2.53. The number of carbonyl (C=O) groups excluding carboxylic acids is 1. The van der Waals surface area contributed by atoms with Crippen LogP contribution < -0.4 is 14.5 Å². The summed E-state index contributed by atoms with van der Waals surface area (Å²) < 4.78 is 10.1. The molecule has 1 aromatic heterocycles. The smallest absolute Gasteiger partial charge is 0.297 e. The van der Waals surface area contributed by atoms with Crippen molar-refractivity contribution in [3.8, 4) is 5.88 Å². The minimum atomic E-state index is -0.222. The third-order valence-corrected chi connectivity index (χ3v) is 4.48. The van der Waals surface area contributed by atoms with Gasteiger partial charge in [-0.15, -0.1) is 0 Å². The van der Waals surface area contributed by atoms with Crippen LogP contribution in [0.25, 0.3) is 0 Å². The van der Waals surface area contributed by atoms with Gasteiger partial charge < -0.3 is 19.1 Å². The molecule has 0 bridgehead atoms. The van der Waals surface area contributed by atoms with Crippen LogP contribution in [0.2, 0.25) is 5.02 Å². The molecule has 1 aliphatic heterocycles. The highest BCUT2D eigenvalue weighted by atomic mass is 35.5. The van der Waals surface area contributed by atoms with E-state index in [2.05, 4.69) is 10.1 Å². The van der Waals surface area contributed by atoms with Crippen molar-refractivity contribution in [3.05, 3.63) is 35.0 Å². The van der Waals surface area contributed by atoms with Gasteiger partial charge in [-0.05, 0) is 36.2 Å². The Morgan fingerprint density at radius 2 is 2.13 bits per heavy atom. The number of fused-ring (bicyclic) bond motifs is 1. The maximum Gasteiger partial charge on any atom is 0.297 e. The molecule has 0 atom stereocenters. The Hall–Kier alpha value is -2.21. The number of carbonyl (C=O) groups is 1. The van der Waals surface area contributed by atoms with Crippen molar-refractivity contribution in [3.63, 3.8) is 0 Å². The normalized spacial score (nSPS) is 17.1. The van der Waals surface area contributed by atoms with Gasteiger partial charge in [0.05, 0.1) is 24.6 Å². The van der Waals surface area contributed by atoms with E-state index in [1.165, 1.54) is 26.0 Å². The number of hydrogen-bond acceptors (Lipinski definition) is 5. The van der Waals surface area contributed by atoms with Crippen LogP contribution in [-0.2, 0) is 0 Å². The van der Waals surface area contributed by atoms with Gasteiger partial charge in [-0.2, -0.15) is 0 Å². The van der Waals surface area contributed by atoms with Crippen molar-refractivity contribution >= 4 is 28.9 Å². The van der Waals surface area contributed by atoms with Crippen molar-refractivity contribution in [1.82, 2.24) is 5.16 Å². The molecular formula is C16H16ClN3O3. The Bertz CT molecular complexity index is 757. The summed E-state index contributed by atoms with van der Waals surface area (Å²) in [6.07, 6.45) is 2.39. The number of rotatable bonds is 3. The molecule has 1 aliphatic carbocycles. The van der Waals surface area contributed by atoms with E-state index in [1.807, 2.05) is 12.1 Å². The number of benzene rings is 1. The molecule has 2 heterocycles. The van der Waals surface area contributed by atoms with Gasteiger partial charge in [0.25, 0.3) is 11.8 Å². The summed E-state index contributed by atoms with van der Waals surface area (Å²) in [6.45, 7) is 1.39. The average molecular weight is 334 g/mol. The fourth-order valence-electron chi connectivity index (χ4n) is 2.97. The molecule has 1 fully saturated rings. The topological polar surface area (TPSA) is 58.8 Å². The van der Waals surface area contributed by atoms with Crippen molar-refractivity contribution in [2.75, 3.05) is 30.0 Å². The number of anilines is 2. The van der Waals surface area contributed by atoms with Crippen molar-refractivity contribution in [2.24, 2.45) is 0 Å². The molecule has 2 aliphatic rings. The first-order valence-electron chi connectivity index (χ1n) is 7.56. The van der Waals surface area contributed by atoms with Gasteiger partial charge in [-0.3, -0.25) is 4.79 Å². The van der Waals surface area contributed by atoms with Crippen LogP contribution in [-0.4, -0.2) is 37.3 Å². The average Bonchev–Trinajstić information content (AvgIpc) is 3.29. The van der Waals surface area contributed by atoms with Crippen molar-refractivity contribution < 1.29 is 14.1 Å². The summed E-state index contributed by atoms with van der Waals surface area (Å²) in [5, 5.41) is 4.37. The van der Waals surface area contributed by atoms with Crippen LogP contribution in [0.5, 0.6) is 5.88 Å². The zero-order chi connectivity index (χ0) is 16.0.